The van der Waals surface area contributed by atoms with E-state index in [-0.39, 0.29) is 30.6 Å². The van der Waals surface area contributed by atoms with Gasteiger partial charge in [-0.3, -0.25) is 14.5 Å². The number of hydrogen-bond acceptors (Lipinski definition) is 5. The maximum atomic E-state index is 13.5. The Hall–Kier alpha value is -3.19. The first-order valence-electron chi connectivity index (χ1n) is 10.8. The Kier molecular flexibility index (Phi) is 6.28. The number of morpholine rings is 1. The summed E-state index contributed by atoms with van der Waals surface area (Å²) in [5.74, 6) is -0.307. The molecule has 0 N–H and O–H groups in total. The Labute approximate surface area is 187 Å². The summed E-state index contributed by atoms with van der Waals surface area (Å²) in [4.78, 5) is 30.1. The highest BCUT2D eigenvalue weighted by Crippen LogP contribution is 2.33. The Bertz CT molecular complexity index is 1020. The highest BCUT2D eigenvalue weighted by Gasteiger charge is 2.42. The minimum atomic E-state index is -0.391. The van der Waals surface area contributed by atoms with Crippen molar-refractivity contribution in [3.63, 3.8) is 0 Å². The summed E-state index contributed by atoms with van der Waals surface area (Å²) in [6.07, 6.45) is 0.385. The van der Waals surface area contributed by atoms with Crippen LogP contribution in [0.2, 0.25) is 0 Å². The molecule has 0 saturated carbocycles. The standard InChI is InChI=1S/C25H27FN2O4/c1-16-14-27(15-17(2)32-16)23-22(19-6-8-20(26)9-7-19)24(29)28(25(23)30)13-12-18-4-10-21(31-3)11-5-18/h4-11,16-17H,12-15H2,1-3H3. The zero-order valence-electron chi connectivity index (χ0n) is 18.5. The molecule has 2 aromatic rings. The lowest BCUT2D eigenvalue weighted by atomic mass is 10.0. The Morgan fingerprint density at radius 2 is 1.59 bits per heavy atom. The molecule has 0 aromatic heterocycles. The van der Waals surface area contributed by atoms with Crippen LogP contribution < -0.4 is 4.74 Å². The van der Waals surface area contributed by atoms with Crippen molar-refractivity contribution in [3.05, 3.63) is 71.2 Å². The van der Waals surface area contributed by atoms with Gasteiger partial charge in [-0.2, -0.15) is 0 Å². The molecule has 2 aliphatic heterocycles. The Morgan fingerprint density at radius 3 is 2.19 bits per heavy atom. The first kappa shape index (κ1) is 22.0. The van der Waals surface area contributed by atoms with Gasteiger partial charge in [0.1, 0.15) is 17.3 Å². The molecule has 2 unspecified atom stereocenters. The summed E-state index contributed by atoms with van der Waals surface area (Å²) in [6.45, 7) is 5.17. The van der Waals surface area contributed by atoms with Gasteiger partial charge in [-0.05, 0) is 55.7 Å². The van der Waals surface area contributed by atoms with Crippen LogP contribution in [-0.2, 0) is 20.7 Å². The largest absolute Gasteiger partial charge is 0.497 e. The van der Waals surface area contributed by atoms with Crippen molar-refractivity contribution in [2.24, 2.45) is 0 Å². The van der Waals surface area contributed by atoms with Gasteiger partial charge in [-0.15, -0.1) is 0 Å². The van der Waals surface area contributed by atoms with E-state index in [1.54, 1.807) is 19.2 Å². The van der Waals surface area contributed by atoms with Crippen molar-refractivity contribution in [2.45, 2.75) is 32.5 Å². The van der Waals surface area contributed by atoms with E-state index in [2.05, 4.69) is 0 Å². The molecule has 32 heavy (non-hydrogen) atoms. The third-order valence-corrected chi connectivity index (χ3v) is 5.80. The number of nitrogens with zero attached hydrogens (tertiary/aromatic N) is 2. The van der Waals surface area contributed by atoms with Crippen molar-refractivity contribution >= 4 is 17.4 Å². The average molecular weight is 438 g/mol. The number of halogens is 1. The number of amides is 2. The van der Waals surface area contributed by atoms with Gasteiger partial charge in [0.25, 0.3) is 11.8 Å². The summed E-state index contributed by atoms with van der Waals surface area (Å²) in [5.41, 5.74) is 2.24. The van der Waals surface area contributed by atoms with Gasteiger partial charge in [0.05, 0.1) is 24.9 Å². The zero-order chi connectivity index (χ0) is 22.8. The van der Waals surface area contributed by atoms with Crippen LogP contribution in [0.4, 0.5) is 4.39 Å². The number of hydrogen-bond donors (Lipinski definition) is 0. The van der Waals surface area contributed by atoms with Gasteiger partial charge >= 0.3 is 0 Å². The molecule has 1 saturated heterocycles. The van der Waals surface area contributed by atoms with E-state index >= 15 is 0 Å². The molecule has 2 amide bonds. The predicted octanol–water partition coefficient (Wildman–Crippen LogP) is 3.27. The van der Waals surface area contributed by atoms with Gasteiger partial charge in [0, 0.05) is 19.6 Å². The minimum Gasteiger partial charge on any atom is -0.497 e. The highest BCUT2D eigenvalue weighted by molar-refractivity contribution is 6.35. The lowest BCUT2D eigenvalue weighted by molar-refractivity contribution is -0.138. The first-order chi connectivity index (χ1) is 15.4. The molecule has 2 atom stereocenters. The van der Waals surface area contributed by atoms with Crippen LogP contribution in [0, 0.1) is 5.82 Å². The van der Waals surface area contributed by atoms with E-state index in [4.69, 9.17) is 9.47 Å². The molecule has 6 nitrogen and oxygen atoms in total. The molecular formula is C25H27FN2O4. The molecule has 2 aliphatic rings. The van der Waals surface area contributed by atoms with Crippen molar-refractivity contribution < 1.29 is 23.5 Å². The molecule has 2 heterocycles. The molecule has 4 rings (SSSR count). The van der Waals surface area contributed by atoms with Crippen LogP contribution in [0.25, 0.3) is 5.57 Å². The number of benzene rings is 2. The minimum absolute atomic E-state index is 0.0723. The number of carbonyl (C=O) groups excluding carboxylic acids is 2. The Morgan fingerprint density at radius 1 is 0.969 bits per heavy atom. The fraction of sp³-hybridized carbons (Fsp3) is 0.360. The summed E-state index contributed by atoms with van der Waals surface area (Å²) in [5, 5.41) is 0. The summed E-state index contributed by atoms with van der Waals surface area (Å²) >= 11 is 0. The maximum Gasteiger partial charge on any atom is 0.277 e. The van der Waals surface area contributed by atoms with Gasteiger partial charge in [-0.1, -0.05) is 24.3 Å². The smallest absolute Gasteiger partial charge is 0.277 e. The third kappa shape index (κ3) is 4.39. The van der Waals surface area contributed by atoms with Gasteiger partial charge in [-0.25, -0.2) is 4.39 Å². The fourth-order valence-corrected chi connectivity index (χ4v) is 4.33. The van der Waals surface area contributed by atoms with E-state index < -0.39 is 5.82 Å². The highest BCUT2D eigenvalue weighted by atomic mass is 19.1. The lowest BCUT2D eigenvalue weighted by Crippen LogP contribution is -2.47. The zero-order valence-corrected chi connectivity index (χ0v) is 18.5. The normalized spacial score (nSPS) is 21.5. The molecule has 0 spiro atoms. The van der Waals surface area contributed by atoms with Crippen LogP contribution in [0.15, 0.2) is 54.2 Å². The van der Waals surface area contributed by atoms with Crippen LogP contribution >= 0.6 is 0 Å². The van der Waals surface area contributed by atoms with Crippen molar-refractivity contribution in [1.82, 2.24) is 9.80 Å². The molecule has 0 bridgehead atoms. The number of methoxy groups -OCH3 is 1. The van der Waals surface area contributed by atoms with E-state index in [1.165, 1.54) is 17.0 Å². The van der Waals surface area contributed by atoms with Crippen LogP contribution in [-0.4, -0.2) is 60.6 Å². The molecule has 0 radical (unpaired) electrons. The van der Waals surface area contributed by atoms with Crippen LogP contribution in [0.5, 0.6) is 5.75 Å². The molecule has 7 heteroatoms. The first-order valence-corrected chi connectivity index (χ1v) is 10.8. The molecule has 2 aromatic carbocycles. The third-order valence-electron chi connectivity index (χ3n) is 5.80. The quantitative estimate of drug-likeness (QED) is 0.648. The SMILES string of the molecule is COc1ccc(CCN2C(=O)C(c3ccc(F)cc3)=C(N3CC(C)OC(C)C3)C2=O)cc1. The number of imide groups is 1. The summed E-state index contributed by atoms with van der Waals surface area (Å²) in [6, 6.07) is 13.3. The van der Waals surface area contributed by atoms with E-state index in [9.17, 15) is 14.0 Å². The number of carbonyl (C=O) groups is 2. The molecule has 1 fully saturated rings. The second-order valence-corrected chi connectivity index (χ2v) is 8.25. The number of rotatable bonds is 6. The van der Waals surface area contributed by atoms with Gasteiger partial charge in [0.15, 0.2) is 0 Å². The summed E-state index contributed by atoms with van der Waals surface area (Å²) < 4.78 is 24.5. The van der Waals surface area contributed by atoms with E-state index in [0.29, 0.717) is 36.3 Å². The Balaban J connectivity index is 1.63. The van der Waals surface area contributed by atoms with Gasteiger partial charge in [0.2, 0.25) is 0 Å². The van der Waals surface area contributed by atoms with Crippen LogP contribution in [0.3, 0.4) is 0 Å². The topological polar surface area (TPSA) is 59.1 Å². The summed E-state index contributed by atoms with van der Waals surface area (Å²) in [7, 11) is 1.61. The predicted molar refractivity (Wildman–Crippen MR) is 118 cm³/mol. The second kappa shape index (κ2) is 9.12. The van der Waals surface area contributed by atoms with E-state index in [0.717, 1.165) is 11.3 Å². The van der Waals surface area contributed by atoms with Crippen LogP contribution in [0.1, 0.15) is 25.0 Å². The van der Waals surface area contributed by atoms with Gasteiger partial charge < -0.3 is 14.4 Å². The molecule has 168 valence electrons. The van der Waals surface area contributed by atoms with E-state index in [1.807, 2.05) is 43.0 Å². The fourth-order valence-electron chi connectivity index (χ4n) is 4.33. The molecular weight excluding hydrogens is 411 g/mol. The van der Waals surface area contributed by atoms with Crippen molar-refractivity contribution in [2.75, 3.05) is 26.7 Å². The molecule has 0 aliphatic carbocycles. The second-order valence-electron chi connectivity index (χ2n) is 8.25. The average Bonchev–Trinajstić information content (AvgIpc) is 3.02. The number of ether oxygens (including phenoxy) is 2. The van der Waals surface area contributed by atoms with Crippen molar-refractivity contribution in [3.8, 4) is 5.75 Å². The van der Waals surface area contributed by atoms with Crippen molar-refractivity contribution in [1.29, 1.82) is 0 Å². The lowest BCUT2D eigenvalue weighted by Gasteiger charge is -2.37. The maximum absolute atomic E-state index is 13.5. The monoisotopic (exact) mass is 438 g/mol.